The quantitative estimate of drug-likeness (QED) is 0.457. The molecule has 0 fully saturated rings. The highest BCUT2D eigenvalue weighted by molar-refractivity contribution is 5.93. The Balaban J connectivity index is 2.39. The summed E-state index contributed by atoms with van der Waals surface area (Å²) >= 11 is 0. The Hall–Kier alpha value is -3.51. The monoisotopic (exact) mass is 436 g/mol. The van der Waals surface area contributed by atoms with Crippen molar-refractivity contribution in [2.24, 2.45) is 0 Å². The summed E-state index contributed by atoms with van der Waals surface area (Å²) in [7, 11) is 1.44. The molecule has 3 rings (SSSR count). The number of phenolic OH excluding ortho intramolecular Hbond substituents is 2. The number of benzene rings is 2. The first kappa shape index (κ1) is 23.2. The zero-order valence-corrected chi connectivity index (χ0v) is 18.7. The highest BCUT2D eigenvalue weighted by Crippen LogP contribution is 2.41. The van der Waals surface area contributed by atoms with Crippen molar-refractivity contribution in [1.29, 1.82) is 0 Å². The maximum absolute atomic E-state index is 13.6. The van der Waals surface area contributed by atoms with Gasteiger partial charge in [0.05, 0.1) is 18.8 Å². The Labute approximate surface area is 186 Å². The summed E-state index contributed by atoms with van der Waals surface area (Å²) < 4.78 is 11.5. The number of hydrogen-bond donors (Lipinski definition) is 3. The molecule has 1 heterocycles. The molecule has 1 atom stereocenters. The van der Waals surface area contributed by atoms with E-state index in [0.29, 0.717) is 34.2 Å². The van der Waals surface area contributed by atoms with Crippen molar-refractivity contribution in [3.63, 3.8) is 0 Å². The Kier molecular flexibility index (Phi) is 6.75. The number of aromatic hydroxyl groups is 2. The Morgan fingerprint density at radius 3 is 2.38 bits per heavy atom. The third kappa shape index (κ3) is 4.41. The van der Waals surface area contributed by atoms with Crippen molar-refractivity contribution >= 4 is 11.0 Å². The smallest absolute Gasteiger partial charge is 0.204 e. The number of aliphatic hydroxyl groups is 1. The van der Waals surface area contributed by atoms with Crippen LogP contribution in [0.4, 0.5) is 0 Å². The average Bonchev–Trinajstić information content (AvgIpc) is 2.75. The average molecular weight is 437 g/mol. The molecule has 0 amide bonds. The Bertz CT molecular complexity index is 1240. The van der Waals surface area contributed by atoms with E-state index in [1.807, 2.05) is 19.9 Å². The van der Waals surface area contributed by atoms with E-state index < -0.39 is 6.10 Å². The van der Waals surface area contributed by atoms with E-state index in [0.717, 1.165) is 5.57 Å². The number of fused-ring (bicyclic) bond motifs is 1. The van der Waals surface area contributed by atoms with Crippen molar-refractivity contribution in [1.82, 2.24) is 0 Å². The Morgan fingerprint density at radius 1 is 1.16 bits per heavy atom. The number of rotatable bonds is 7. The van der Waals surface area contributed by atoms with Gasteiger partial charge < -0.3 is 24.5 Å². The lowest BCUT2D eigenvalue weighted by atomic mass is 9.93. The topological polar surface area (TPSA) is 100 Å². The molecule has 3 aromatic rings. The lowest BCUT2D eigenvalue weighted by Gasteiger charge is -2.19. The van der Waals surface area contributed by atoms with Crippen LogP contribution in [0.25, 0.3) is 22.1 Å². The first-order chi connectivity index (χ1) is 15.1. The van der Waals surface area contributed by atoms with Crippen LogP contribution in [-0.2, 0) is 12.8 Å². The molecule has 32 heavy (non-hydrogen) atoms. The van der Waals surface area contributed by atoms with E-state index in [2.05, 4.69) is 6.58 Å². The van der Waals surface area contributed by atoms with Crippen molar-refractivity contribution in [2.45, 2.75) is 39.7 Å². The van der Waals surface area contributed by atoms with Gasteiger partial charge in [0.2, 0.25) is 5.43 Å². The van der Waals surface area contributed by atoms with Crippen LogP contribution >= 0.6 is 0 Å². The minimum Gasteiger partial charge on any atom is -0.508 e. The maximum atomic E-state index is 13.6. The van der Waals surface area contributed by atoms with E-state index in [-0.39, 0.29) is 40.1 Å². The minimum atomic E-state index is -0.920. The first-order valence-corrected chi connectivity index (χ1v) is 10.3. The van der Waals surface area contributed by atoms with Gasteiger partial charge in [0.1, 0.15) is 34.5 Å². The van der Waals surface area contributed by atoms with Gasteiger partial charge in [-0.25, -0.2) is 0 Å². The molecule has 6 heteroatoms. The van der Waals surface area contributed by atoms with E-state index in [1.165, 1.54) is 25.5 Å². The number of aliphatic hydroxyl groups excluding tert-OH is 1. The third-order valence-electron chi connectivity index (χ3n) is 5.40. The summed E-state index contributed by atoms with van der Waals surface area (Å²) in [6.07, 6.45) is 2.70. The molecule has 2 aromatic carbocycles. The zero-order valence-electron chi connectivity index (χ0n) is 18.7. The molecule has 168 valence electrons. The van der Waals surface area contributed by atoms with Gasteiger partial charge in [-0.3, -0.25) is 4.79 Å². The summed E-state index contributed by atoms with van der Waals surface area (Å²) in [5, 5.41) is 31.3. The van der Waals surface area contributed by atoms with Gasteiger partial charge in [-0.15, -0.1) is 0 Å². The normalized spacial score (nSPS) is 11.9. The van der Waals surface area contributed by atoms with E-state index >= 15 is 0 Å². The maximum Gasteiger partial charge on any atom is 0.204 e. The molecule has 0 aliphatic heterocycles. The largest absolute Gasteiger partial charge is 0.508 e. The second-order valence-corrected chi connectivity index (χ2v) is 8.12. The van der Waals surface area contributed by atoms with E-state index in [1.54, 1.807) is 19.1 Å². The molecular weight excluding hydrogens is 408 g/mol. The van der Waals surface area contributed by atoms with Crippen molar-refractivity contribution in [3.8, 4) is 28.4 Å². The highest BCUT2D eigenvalue weighted by Gasteiger charge is 2.26. The SMILES string of the molecule is C=C(C)[C@H](O)Cc1c(O)c(CC=C(C)C)c(OC)c2c(=O)c(-c3ccc(O)cc3)coc12. The summed E-state index contributed by atoms with van der Waals surface area (Å²) in [6, 6.07) is 6.22. The van der Waals surface area contributed by atoms with Gasteiger partial charge in [0.15, 0.2) is 0 Å². The van der Waals surface area contributed by atoms with Crippen molar-refractivity contribution in [3.05, 3.63) is 75.7 Å². The summed E-state index contributed by atoms with van der Waals surface area (Å²) in [6.45, 7) is 9.34. The first-order valence-electron chi connectivity index (χ1n) is 10.3. The minimum absolute atomic E-state index is 0.0327. The van der Waals surface area contributed by atoms with Crippen LogP contribution in [0.5, 0.6) is 17.2 Å². The lowest BCUT2D eigenvalue weighted by molar-refractivity contribution is 0.210. The molecule has 0 spiro atoms. The third-order valence-corrected chi connectivity index (χ3v) is 5.40. The molecule has 3 N–H and O–H groups in total. The number of hydrogen-bond acceptors (Lipinski definition) is 6. The fourth-order valence-corrected chi connectivity index (χ4v) is 3.56. The van der Waals surface area contributed by atoms with Gasteiger partial charge in [0, 0.05) is 17.5 Å². The predicted molar refractivity (Wildman–Crippen MR) is 125 cm³/mol. The number of phenols is 2. The predicted octanol–water partition coefficient (Wildman–Crippen LogP) is 4.87. The van der Waals surface area contributed by atoms with Gasteiger partial charge in [-0.05, 0) is 44.9 Å². The van der Waals surface area contributed by atoms with Crippen LogP contribution < -0.4 is 10.2 Å². The Morgan fingerprint density at radius 2 is 1.81 bits per heavy atom. The van der Waals surface area contributed by atoms with Crippen LogP contribution in [-0.4, -0.2) is 28.5 Å². The number of methoxy groups -OCH3 is 1. The molecule has 0 saturated carbocycles. The molecule has 0 bridgehead atoms. The fourth-order valence-electron chi connectivity index (χ4n) is 3.56. The van der Waals surface area contributed by atoms with Crippen LogP contribution in [0.3, 0.4) is 0 Å². The molecule has 1 aromatic heterocycles. The fraction of sp³-hybridized carbons (Fsp3) is 0.269. The molecular formula is C26H28O6. The van der Waals surface area contributed by atoms with Crippen molar-refractivity contribution in [2.75, 3.05) is 7.11 Å². The molecule has 0 saturated heterocycles. The molecule has 6 nitrogen and oxygen atoms in total. The van der Waals surface area contributed by atoms with Gasteiger partial charge in [-0.1, -0.05) is 35.9 Å². The van der Waals surface area contributed by atoms with Gasteiger partial charge >= 0.3 is 0 Å². The summed E-state index contributed by atoms with van der Waals surface area (Å²) in [5.41, 5.74) is 3.03. The number of allylic oxidation sites excluding steroid dienone is 2. The van der Waals surface area contributed by atoms with E-state index in [4.69, 9.17) is 9.15 Å². The van der Waals surface area contributed by atoms with Crippen LogP contribution in [0, 0.1) is 0 Å². The van der Waals surface area contributed by atoms with E-state index in [9.17, 15) is 20.1 Å². The second kappa shape index (κ2) is 9.32. The second-order valence-electron chi connectivity index (χ2n) is 8.12. The van der Waals surface area contributed by atoms with Crippen LogP contribution in [0.1, 0.15) is 31.9 Å². The van der Waals surface area contributed by atoms with Crippen LogP contribution in [0.15, 0.2) is 63.5 Å². The highest BCUT2D eigenvalue weighted by atomic mass is 16.5. The van der Waals surface area contributed by atoms with Crippen molar-refractivity contribution < 1.29 is 24.5 Å². The van der Waals surface area contributed by atoms with Gasteiger partial charge in [-0.2, -0.15) is 0 Å². The van der Waals surface area contributed by atoms with Crippen LogP contribution in [0.2, 0.25) is 0 Å². The van der Waals surface area contributed by atoms with Gasteiger partial charge in [0.25, 0.3) is 0 Å². The summed E-state index contributed by atoms with van der Waals surface area (Å²) in [4.78, 5) is 13.6. The molecule has 0 aliphatic rings. The standard InChI is InChI=1S/C26H28O6/c1-14(2)6-11-18-23(29)19(12-21(28)15(3)4)26-22(25(18)31-5)24(30)20(13-32-26)16-7-9-17(27)10-8-16/h6-10,13,21,27-29H,3,11-12H2,1-2,4-5H3/t21-/m1/s1. The molecule has 0 unspecified atom stereocenters. The molecule has 0 radical (unpaired) electrons. The lowest BCUT2D eigenvalue weighted by Crippen LogP contribution is -2.15. The molecule has 0 aliphatic carbocycles. The zero-order chi connectivity index (χ0) is 23.6. The summed E-state index contributed by atoms with van der Waals surface area (Å²) in [5.74, 6) is 0.243. The number of ether oxygens (including phenoxy) is 1.